The number of fused-ring (bicyclic) bond motifs is 1. The quantitative estimate of drug-likeness (QED) is 0.746. The van der Waals surface area contributed by atoms with E-state index in [0.717, 1.165) is 50.3 Å². The van der Waals surface area contributed by atoms with Crippen molar-refractivity contribution in [2.45, 2.75) is 44.6 Å². The van der Waals surface area contributed by atoms with Crippen molar-refractivity contribution >= 4 is 15.8 Å². The first-order valence-electron chi connectivity index (χ1n) is 10.4. The number of piperidine rings is 1. The monoisotopic (exact) mass is 416 g/mol. The van der Waals surface area contributed by atoms with Crippen LogP contribution in [0.5, 0.6) is 5.75 Å². The number of hydrogen-bond acceptors (Lipinski definition) is 6. The number of nitrogens with one attached hydrogen (secondary N) is 1. The van der Waals surface area contributed by atoms with Gasteiger partial charge >= 0.3 is 0 Å². The Balaban J connectivity index is 1.25. The fourth-order valence-electron chi connectivity index (χ4n) is 3.96. The summed E-state index contributed by atoms with van der Waals surface area (Å²) >= 11 is 0. The number of para-hydroxylation sites is 1. The van der Waals surface area contributed by atoms with Gasteiger partial charge in [-0.1, -0.05) is 18.2 Å². The molecular formula is C21H28N4O3S. The number of sulfonamides is 1. The van der Waals surface area contributed by atoms with Crippen LogP contribution in [-0.2, 0) is 22.9 Å². The first kappa shape index (κ1) is 20.1. The van der Waals surface area contributed by atoms with Crippen LogP contribution in [-0.4, -0.2) is 50.1 Å². The Morgan fingerprint density at radius 2 is 1.83 bits per heavy atom. The predicted octanol–water partition coefficient (Wildman–Crippen LogP) is 2.32. The zero-order valence-electron chi connectivity index (χ0n) is 16.6. The van der Waals surface area contributed by atoms with Gasteiger partial charge < -0.3 is 9.64 Å². The van der Waals surface area contributed by atoms with Gasteiger partial charge in [-0.05, 0) is 62.3 Å². The average Bonchev–Trinajstić information content (AvgIpc) is 2.74. The minimum atomic E-state index is -3.37. The Morgan fingerprint density at radius 1 is 1.07 bits per heavy atom. The lowest BCUT2D eigenvalue weighted by Crippen LogP contribution is -2.46. The molecule has 1 aliphatic carbocycles. The van der Waals surface area contributed by atoms with E-state index in [4.69, 9.17) is 4.74 Å². The molecule has 0 atom stereocenters. The van der Waals surface area contributed by atoms with Crippen molar-refractivity contribution in [1.82, 2.24) is 14.9 Å². The lowest BCUT2D eigenvalue weighted by molar-refractivity contribution is 0.339. The molecule has 8 heteroatoms. The number of aromatic nitrogens is 2. The summed E-state index contributed by atoms with van der Waals surface area (Å²) in [5.74, 6) is 1.56. The molecule has 1 saturated heterocycles. The fraction of sp³-hybridized carbons (Fsp3) is 0.524. The minimum Gasteiger partial charge on any atom is -0.492 e. The zero-order valence-corrected chi connectivity index (χ0v) is 17.4. The lowest BCUT2D eigenvalue weighted by Gasteiger charge is -2.33. The summed E-state index contributed by atoms with van der Waals surface area (Å²) in [7, 11) is -3.37. The largest absolute Gasteiger partial charge is 0.492 e. The third-order valence-corrected chi connectivity index (χ3v) is 6.98. The molecule has 1 aromatic heterocycles. The number of ether oxygens (including phenoxy) is 1. The number of aryl methyl sites for hydroxylation is 2. The van der Waals surface area contributed by atoms with Crippen LogP contribution in [0.3, 0.4) is 0 Å². The van der Waals surface area contributed by atoms with Gasteiger partial charge in [-0.15, -0.1) is 5.10 Å². The van der Waals surface area contributed by atoms with Crippen LogP contribution in [0.2, 0.25) is 0 Å². The first-order valence-corrected chi connectivity index (χ1v) is 12.0. The Hall–Kier alpha value is -2.19. The molecule has 1 aliphatic heterocycles. The van der Waals surface area contributed by atoms with Gasteiger partial charge in [-0.3, -0.25) is 0 Å². The zero-order chi connectivity index (χ0) is 20.1. The van der Waals surface area contributed by atoms with Gasteiger partial charge in [0.2, 0.25) is 10.0 Å². The van der Waals surface area contributed by atoms with Crippen molar-refractivity contribution < 1.29 is 13.2 Å². The highest BCUT2D eigenvalue weighted by molar-refractivity contribution is 7.89. The Morgan fingerprint density at radius 3 is 2.62 bits per heavy atom. The summed E-state index contributed by atoms with van der Waals surface area (Å²) in [5, 5.41) is 8.82. The number of benzene rings is 1. The van der Waals surface area contributed by atoms with E-state index in [2.05, 4.69) is 25.9 Å². The fourth-order valence-corrected chi connectivity index (χ4v) is 5.12. The topological polar surface area (TPSA) is 84.4 Å². The number of nitrogens with zero attached hydrogens (tertiary/aromatic N) is 3. The highest BCUT2D eigenvalue weighted by atomic mass is 32.2. The molecule has 0 unspecified atom stereocenters. The Labute approximate surface area is 172 Å². The molecule has 7 nitrogen and oxygen atoms in total. The van der Waals surface area contributed by atoms with Gasteiger partial charge in [0.05, 0.1) is 11.4 Å². The Bertz CT molecular complexity index is 913. The third kappa shape index (κ3) is 5.45. The van der Waals surface area contributed by atoms with Crippen molar-refractivity contribution in [2.75, 3.05) is 30.3 Å². The lowest BCUT2D eigenvalue weighted by atomic mass is 9.96. The molecule has 1 N–H and O–H groups in total. The van der Waals surface area contributed by atoms with Crippen LogP contribution in [0.15, 0.2) is 36.4 Å². The van der Waals surface area contributed by atoms with Crippen molar-refractivity contribution in [3.63, 3.8) is 0 Å². The van der Waals surface area contributed by atoms with Crippen LogP contribution in [0, 0.1) is 0 Å². The second-order valence-corrected chi connectivity index (χ2v) is 9.61. The van der Waals surface area contributed by atoms with Gasteiger partial charge in [0, 0.05) is 19.1 Å². The highest BCUT2D eigenvalue weighted by Gasteiger charge is 2.25. The van der Waals surface area contributed by atoms with Crippen molar-refractivity contribution in [3.05, 3.63) is 47.7 Å². The van der Waals surface area contributed by atoms with E-state index in [-0.39, 0.29) is 18.4 Å². The SMILES string of the molecule is O=S(=O)(CCOc1ccccc1)NC1CCN(c2cc3c(nn2)CCCC3)CC1. The second-order valence-electron chi connectivity index (χ2n) is 7.74. The molecule has 0 bridgehead atoms. The normalized spacial score (nSPS) is 17.7. The molecule has 1 aromatic carbocycles. The van der Waals surface area contributed by atoms with E-state index < -0.39 is 10.0 Å². The van der Waals surface area contributed by atoms with Crippen LogP contribution in [0.1, 0.15) is 36.9 Å². The molecule has 0 spiro atoms. The van der Waals surface area contributed by atoms with Crippen molar-refractivity contribution in [2.24, 2.45) is 0 Å². The molecule has 0 saturated carbocycles. The summed E-state index contributed by atoms with van der Waals surface area (Å²) in [6.07, 6.45) is 6.05. The van der Waals surface area contributed by atoms with Gasteiger partial charge in [-0.2, -0.15) is 5.10 Å². The van der Waals surface area contributed by atoms with Gasteiger partial charge in [0.1, 0.15) is 12.4 Å². The van der Waals surface area contributed by atoms with Crippen LogP contribution in [0.4, 0.5) is 5.82 Å². The second kappa shape index (κ2) is 9.09. The van der Waals surface area contributed by atoms with Crippen LogP contribution >= 0.6 is 0 Å². The molecule has 0 radical (unpaired) electrons. The van der Waals surface area contributed by atoms with Crippen LogP contribution in [0.25, 0.3) is 0 Å². The summed E-state index contributed by atoms with van der Waals surface area (Å²) in [6.45, 7) is 1.70. The van der Waals surface area contributed by atoms with Crippen LogP contribution < -0.4 is 14.4 Å². The van der Waals surface area contributed by atoms with Gasteiger partial charge in [-0.25, -0.2) is 13.1 Å². The maximum Gasteiger partial charge on any atom is 0.215 e. The van der Waals surface area contributed by atoms with Crippen molar-refractivity contribution in [3.8, 4) is 5.75 Å². The summed E-state index contributed by atoms with van der Waals surface area (Å²) < 4.78 is 33.1. The molecule has 2 heterocycles. The van der Waals surface area contributed by atoms with E-state index in [9.17, 15) is 8.42 Å². The molecule has 0 amide bonds. The smallest absolute Gasteiger partial charge is 0.215 e. The summed E-state index contributed by atoms with van der Waals surface area (Å²) in [6, 6.07) is 11.4. The molecule has 29 heavy (non-hydrogen) atoms. The van der Waals surface area contributed by atoms with E-state index in [1.807, 2.05) is 30.3 Å². The molecule has 1 fully saturated rings. The first-order chi connectivity index (χ1) is 14.1. The maximum atomic E-state index is 12.4. The maximum absolute atomic E-state index is 12.4. The van der Waals surface area contributed by atoms with E-state index in [0.29, 0.717) is 5.75 Å². The summed E-state index contributed by atoms with van der Waals surface area (Å²) in [4.78, 5) is 2.21. The Kier molecular flexibility index (Phi) is 6.30. The molecular weight excluding hydrogens is 388 g/mol. The van der Waals surface area contributed by atoms with Gasteiger partial charge in [0.25, 0.3) is 0 Å². The molecule has 2 aromatic rings. The molecule has 4 rings (SSSR count). The number of anilines is 1. The third-order valence-electron chi connectivity index (χ3n) is 5.59. The van der Waals surface area contributed by atoms with Gasteiger partial charge in [0.15, 0.2) is 5.82 Å². The summed E-state index contributed by atoms with van der Waals surface area (Å²) in [5.41, 5.74) is 2.46. The molecule has 156 valence electrons. The standard InChI is InChI=1S/C21H28N4O3S/c26-29(27,15-14-28-19-7-2-1-3-8-19)24-18-10-12-25(13-11-18)21-16-17-6-4-5-9-20(17)22-23-21/h1-3,7-8,16,18,24H,4-6,9-15H2. The molecule has 2 aliphatic rings. The minimum absolute atomic E-state index is 0.0430. The highest BCUT2D eigenvalue weighted by Crippen LogP contribution is 2.24. The average molecular weight is 417 g/mol. The number of rotatable bonds is 7. The van der Waals surface area contributed by atoms with E-state index in [1.54, 1.807) is 0 Å². The van der Waals surface area contributed by atoms with Crippen molar-refractivity contribution in [1.29, 1.82) is 0 Å². The number of hydrogen-bond donors (Lipinski definition) is 1. The van der Waals surface area contributed by atoms with E-state index >= 15 is 0 Å². The predicted molar refractivity (Wildman–Crippen MR) is 113 cm³/mol. The van der Waals surface area contributed by atoms with E-state index in [1.165, 1.54) is 18.4 Å².